The predicted octanol–water partition coefficient (Wildman–Crippen LogP) is 2.88. The van der Waals surface area contributed by atoms with Crippen molar-refractivity contribution in [3.8, 4) is 11.5 Å². The van der Waals surface area contributed by atoms with Crippen molar-refractivity contribution in [1.29, 1.82) is 0 Å². The number of ether oxygens (including phenoxy) is 2. The molecule has 0 saturated heterocycles. The van der Waals surface area contributed by atoms with Gasteiger partial charge in [-0.2, -0.15) is 0 Å². The number of likely N-dealkylation sites (N-methyl/N-ethyl adjacent to an activating group) is 1. The lowest BCUT2D eigenvalue weighted by Crippen LogP contribution is -2.41. The van der Waals surface area contributed by atoms with E-state index in [-0.39, 0.29) is 30.0 Å². The van der Waals surface area contributed by atoms with E-state index in [1.807, 2.05) is 44.4 Å². The summed E-state index contributed by atoms with van der Waals surface area (Å²) < 4.78 is 16.1. The quantitative estimate of drug-likeness (QED) is 0.339. The number of hydrogen-bond acceptors (Lipinski definition) is 5. The van der Waals surface area contributed by atoms with Crippen molar-refractivity contribution in [2.24, 2.45) is 4.99 Å². The van der Waals surface area contributed by atoms with Crippen LogP contribution < -0.4 is 20.1 Å². The zero-order valence-electron chi connectivity index (χ0n) is 16.5. The smallest absolute Gasteiger partial charge is 0.191 e. The van der Waals surface area contributed by atoms with Crippen molar-refractivity contribution in [2.75, 3.05) is 41.9 Å². The summed E-state index contributed by atoms with van der Waals surface area (Å²) in [4.78, 5) is 6.39. The second kappa shape index (κ2) is 11.7. The molecule has 0 saturated carbocycles. The van der Waals surface area contributed by atoms with E-state index in [1.165, 1.54) is 0 Å². The number of rotatable bonds is 8. The zero-order valence-corrected chi connectivity index (χ0v) is 18.8. The third-order valence-electron chi connectivity index (χ3n) is 4.09. The van der Waals surface area contributed by atoms with Gasteiger partial charge in [-0.3, -0.25) is 9.89 Å². The van der Waals surface area contributed by atoms with E-state index in [2.05, 4.69) is 20.5 Å². The fourth-order valence-electron chi connectivity index (χ4n) is 2.61. The lowest BCUT2D eigenvalue weighted by atomic mass is 10.2. The molecule has 1 aromatic heterocycles. The molecule has 0 fully saturated rings. The first kappa shape index (κ1) is 23.1. The van der Waals surface area contributed by atoms with Crippen molar-refractivity contribution in [1.82, 2.24) is 15.5 Å². The molecule has 1 atom stereocenters. The Morgan fingerprint density at radius 2 is 1.89 bits per heavy atom. The van der Waals surface area contributed by atoms with Crippen LogP contribution in [0.3, 0.4) is 0 Å². The van der Waals surface area contributed by atoms with Gasteiger partial charge in [0.05, 0.1) is 26.5 Å². The van der Waals surface area contributed by atoms with Gasteiger partial charge in [0.25, 0.3) is 0 Å². The van der Waals surface area contributed by atoms with E-state index in [0.717, 1.165) is 17.3 Å². The molecule has 0 spiro atoms. The number of nitrogens with zero attached hydrogens (tertiary/aromatic N) is 2. The fraction of sp³-hybridized carbons (Fsp3) is 0.421. The van der Waals surface area contributed by atoms with Crippen LogP contribution in [-0.2, 0) is 6.54 Å². The number of nitrogens with one attached hydrogen (secondary N) is 2. The average molecular weight is 488 g/mol. The van der Waals surface area contributed by atoms with Gasteiger partial charge in [-0.1, -0.05) is 6.07 Å². The Labute approximate surface area is 178 Å². The SMILES string of the molecule is CN=C(NCc1ccc(OC)c(OC)c1)NCC(c1ccco1)N(C)C.I. The van der Waals surface area contributed by atoms with Gasteiger partial charge in [-0.05, 0) is 43.9 Å². The van der Waals surface area contributed by atoms with Crippen LogP contribution in [0.15, 0.2) is 46.0 Å². The van der Waals surface area contributed by atoms with E-state index in [0.29, 0.717) is 24.6 Å². The van der Waals surface area contributed by atoms with Gasteiger partial charge >= 0.3 is 0 Å². The van der Waals surface area contributed by atoms with Crippen LogP contribution in [0.5, 0.6) is 11.5 Å². The number of hydrogen-bond donors (Lipinski definition) is 2. The van der Waals surface area contributed by atoms with Gasteiger partial charge in [0.2, 0.25) is 0 Å². The van der Waals surface area contributed by atoms with Crippen LogP contribution in [-0.4, -0.2) is 52.8 Å². The Morgan fingerprint density at radius 3 is 2.44 bits per heavy atom. The molecule has 0 amide bonds. The predicted molar refractivity (Wildman–Crippen MR) is 118 cm³/mol. The molecule has 150 valence electrons. The molecular weight excluding hydrogens is 459 g/mol. The number of methoxy groups -OCH3 is 2. The van der Waals surface area contributed by atoms with Crippen LogP contribution >= 0.6 is 24.0 Å². The maximum Gasteiger partial charge on any atom is 0.191 e. The summed E-state index contributed by atoms with van der Waals surface area (Å²) >= 11 is 0. The Hall–Kier alpha value is -1.94. The molecule has 0 aliphatic heterocycles. The fourth-order valence-corrected chi connectivity index (χ4v) is 2.61. The molecular formula is C19H29IN4O3. The highest BCUT2D eigenvalue weighted by Gasteiger charge is 2.17. The molecule has 27 heavy (non-hydrogen) atoms. The van der Waals surface area contributed by atoms with Gasteiger partial charge in [0.15, 0.2) is 17.5 Å². The van der Waals surface area contributed by atoms with Gasteiger partial charge in [0, 0.05) is 20.1 Å². The van der Waals surface area contributed by atoms with E-state index in [1.54, 1.807) is 27.5 Å². The summed E-state index contributed by atoms with van der Waals surface area (Å²) in [5, 5.41) is 6.65. The Kier molecular flexibility index (Phi) is 10.0. The van der Waals surface area contributed by atoms with E-state index < -0.39 is 0 Å². The maximum atomic E-state index is 5.53. The average Bonchev–Trinajstić information content (AvgIpc) is 3.18. The third-order valence-corrected chi connectivity index (χ3v) is 4.09. The first-order valence-corrected chi connectivity index (χ1v) is 8.44. The third kappa shape index (κ3) is 6.62. The number of guanidine groups is 1. The van der Waals surface area contributed by atoms with Crippen molar-refractivity contribution in [3.05, 3.63) is 47.9 Å². The Balaban J connectivity index is 0.00000364. The molecule has 1 heterocycles. The minimum absolute atomic E-state index is 0. The highest BCUT2D eigenvalue weighted by Crippen LogP contribution is 2.27. The second-order valence-electron chi connectivity index (χ2n) is 5.99. The van der Waals surface area contributed by atoms with Crippen molar-refractivity contribution >= 4 is 29.9 Å². The van der Waals surface area contributed by atoms with Gasteiger partial charge in [-0.25, -0.2) is 0 Å². The van der Waals surface area contributed by atoms with Gasteiger partial charge in [0.1, 0.15) is 5.76 Å². The van der Waals surface area contributed by atoms with Crippen molar-refractivity contribution < 1.29 is 13.9 Å². The summed E-state index contributed by atoms with van der Waals surface area (Å²) in [5.74, 6) is 3.06. The first-order chi connectivity index (χ1) is 12.6. The second-order valence-corrected chi connectivity index (χ2v) is 5.99. The maximum absolute atomic E-state index is 5.53. The van der Waals surface area contributed by atoms with Crippen LogP contribution in [0.2, 0.25) is 0 Å². The standard InChI is InChI=1S/C19H28N4O3.HI/c1-20-19(22-13-15(23(2)3)16-7-6-10-26-16)21-12-14-8-9-17(24-4)18(11-14)25-5;/h6-11,15H,12-13H2,1-5H3,(H2,20,21,22);1H. The molecule has 0 aliphatic carbocycles. The number of halogens is 1. The first-order valence-electron chi connectivity index (χ1n) is 8.44. The summed E-state index contributed by atoms with van der Waals surface area (Å²) in [6.07, 6.45) is 1.69. The molecule has 1 aromatic carbocycles. The van der Waals surface area contributed by atoms with Crippen LogP contribution in [0.4, 0.5) is 0 Å². The Bertz CT molecular complexity index is 705. The van der Waals surface area contributed by atoms with E-state index >= 15 is 0 Å². The van der Waals surface area contributed by atoms with Crippen molar-refractivity contribution in [3.63, 3.8) is 0 Å². The number of aliphatic imine (C=N–C) groups is 1. The summed E-state index contributed by atoms with van der Waals surface area (Å²) in [5.41, 5.74) is 1.07. The summed E-state index contributed by atoms with van der Waals surface area (Å²) in [7, 11) is 9.05. The monoisotopic (exact) mass is 488 g/mol. The van der Waals surface area contributed by atoms with Crippen LogP contribution in [0.1, 0.15) is 17.4 Å². The topological polar surface area (TPSA) is 71.3 Å². The molecule has 8 heteroatoms. The minimum atomic E-state index is 0. The van der Waals surface area contributed by atoms with E-state index in [9.17, 15) is 0 Å². The summed E-state index contributed by atoms with van der Waals surface area (Å²) in [6, 6.07) is 9.83. The molecule has 0 radical (unpaired) electrons. The highest BCUT2D eigenvalue weighted by atomic mass is 127. The molecule has 7 nitrogen and oxygen atoms in total. The van der Waals surface area contributed by atoms with Crippen LogP contribution in [0.25, 0.3) is 0 Å². The van der Waals surface area contributed by atoms with Gasteiger partial charge in [-0.15, -0.1) is 24.0 Å². The lowest BCUT2D eigenvalue weighted by Gasteiger charge is -2.23. The number of furan rings is 1. The molecule has 2 rings (SSSR count). The largest absolute Gasteiger partial charge is 0.493 e. The molecule has 2 N–H and O–H groups in total. The van der Waals surface area contributed by atoms with Crippen LogP contribution in [0, 0.1) is 0 Å². The normalized spacial score (nSPS) is 12.3. The molecule has 0 bridgehead atoms. The highest BCUT2D eigenvalue weighted by molar-refractivity contribution is 14.0. The molecule has 2 aromatic rings. The van der Waals surface area contributed by atoms with Crippen molar-refractivity contribution in [2.45, 2.75) is 12.6 Å². The molecule has 0 aliphatic rings. The minimum Gasteiger partial charge on any atom is -0.493 e. The summed E-state index contributed by atoms with van der Waals surface area (Å²) in [6.45, 7) is 1.29. The zero-order chi connectivity index (χ0) is 18.9. The lowest BCUT2D eigenvalue weighted by molar-refractivity contribution is 0.258. The van der Waals surface area contributed by atoms with E-state index in [4.69, 9.17) is 13.9 Å². The Morgan fingerprint density at radius 1 is 1.15 bits per heavy atom. The molecule has 1 unspecified atom stereocenters. The van der Waals surface area contributed by atoms with Gasteiger partial charge < -0.3 is 24.5 Å². The number of benzene rings is 1.